The van der Waals surface area contributed by atoms with Crippen LogP contribution >= 0.6 is 0 Å². The number of carbonyl (C=O) groups is 1. The quantitative estimate of drug-likeness (QED) is 0.552. The largest absolute Gasteiger partial charge is 0.488 e. The Labute approximate surface area is 150 Å². The molecule has 0 aliphatic carbocycles. The second-order valence-electron chi connectivity index (χ2n) is 7.12. The average molecular weight is 338 g/mol. The predicted octanol–water partition coefficient (Wildman–Crippen LogP) is 5.24. The standard InChI is InChI=1S/C22H26O3/c1-16-13-19(11-12-20(23)25-22(3,4)5)14-17(2)21(16)24-15-18-9-7-6-8-10-18/h6-14H,15H2,1-5H3/b12-11+. The zero-order valence-corrected chi connectivity index (χ0v) is 15.6. The predicted molar refractivity (Wildman–Crippen MR) is 102 cm³/mol. The molecule has 0 saturated heterocycles. The van der Waals surface area contributed by atoms with Crippen molar-refractivity contribution in [3.8, 4) is 5.75 Å². The number of benzene rings is 2. The van der Waals surface area contributed by atoms with Crippen LogP contribution in [0, 0.1) is 13.8 Å². The van der Waals surface area contributed by atoms with Crippen molar-refractivity contribution in [3.05, 3.63) is 70.8 Å². The zero-order valence-electron chi connectivity index (χ0n) is 15.6. The lowest BCUT2D eigenvalue weighted by atomic mass is 10.1. The third-order valence-electron chi connectivity index (χ3n) is 3.53. The number of esters is 1. The van der Waals surface area contributed by atoms with Crippen molar-refractivity contribution >= 4 is 12.0 Å². The van der Waals surface area contributed by atoms with E-state index >= 15 is 0 Å². The number of aryl methyl sites for hydroxylation is 2. The maximum absolute atomic E-state index is 11.8. The van der Waals surface area contributed by atoms with Gasteiger partial charge in [-0.2, -0.15) is 0 Å². The number of hydrogen-bond acceptors (Lipinski definition) is 3. The summed E-state index contributed by atoms with van der Waals surface area (Å²) in [7, 11) is 0. The molecule has 0 aliphatic heterocycles. The van der Waals surface area contributed by atoms with Crippen LogP contribution in [0.2, 0.25) is 0 Å². The van der Waals surface area contributed by atoms with Crippen LogP contribution < -0.4 is 4.74 Å². The van der Waals surface area contributed by atoms with Crippen molar-refractivity contribution in [2.24, 2.45) is 0 Å². The highest BCUT2D eigenvalue weighted by Crippen LogP contribution is 2.26. The Hall–Kier alpha value is -2.55. The van der Waals surface area contributed by atoms with E-state index in [0.717, 1.165) is 28.0 Å². The van der Waals surface area contributed by atoms with E-state index in [-0.39, 0.29) is 5.97 Å². The van der Waals surface area contributed by atoms with Gasteiger partial charge in [-0.25, -0.2) is 4.79 Å². The van der Waals surface area contributed by atoms with Crippen LogP contribution in [-0.4, -0.2) is 11.6 Å². The highest BCUT2D eigenvalue weighted by Gasteiger charge is 2.14. The number of carbonyl (C=O) groups excluding carboxylic acids is 1. The second-order valence-corrected chi connectivity index (χ2v) is 7.12. The van der Waals surface area contributed by atoms with E-state index in [9.17, 15) is 4.79 Å². The van der Waals surface area contributed by atoms with E-state index in [1.165, 1.54) is 6.08 Å². The Morgan fingerprint density at radius 2 is 1.64 bits per heavy atom. The van der Waals surface area contributed by atoms with E-state index in [2.05, 4.69) is 0 Å². The minimum absolute atomic E-state index is 0.341. The molecule has 0 saturated carbocycles. The van der Waals surface area contributed by atoms with E-state index in [1.807, 2.05) is 77.1 Å². The van der Waals surface area contributed by atoms with Gasteiger partial charge in [0.15, 0.2) is 0 Å². The SMILES string of the molecule is Cc1cc(/C=C/C(=O)OC(C)(C)C)cc(C)c1OCc1ccccc1. The lowest BCUT2D eigenvalue weighted by Crippen LogP contribution is -2.22. The van der Waals surface area contributed by atoms with Crippen molar-refractivity contribution in [2.75, 3.05) is 0 Å². The Bertz CT molecular complexity index is 730. The molecule has 0 radical (unpaired) electrons. The normalized spacial score (nSPS) is 11.6. The zero-order chi connectivity index (χ0) is 18.4. The van der Waals surface area contributed by atoms with Crippen LogP contribution in [-0.2, 0) is 16.1 Å². The Morgan fingerprint density at radius 3 is 2.20 bits per heavy atom. The molecule has 0 aromatic heterocycles. The minimum Gasteiger partial charge on any atom is -0.488 e. The van der Waals surface area contributed by atoms with Gasteiger partial charge in [-0.05, 0) is 75.1 Å². The first-order chi connectivity index (χ1) is 11.7. The first-order valence-corrected chi connectivity index (χ1v) is 8.43. The highest BCUT2D eigenvalue weighted by atomic mass is 16.6. The van der Waals surface area contributed by atoms with Crippen molar-refractivity contribution in [3.63, 3.8) is 0 Å². The molecule has 0 bridgehead atoms. The monoisotopic (exact) mass is 338 g/mol. The molecule has 2 aromatic carbocycles. The fourth-order valence-corrected chi connectivity index (χ4v) is 2.54. The van der Waals surface area contributed by atoms with Crippen LogP contribution in [0.15, 0.2) is 48.5 Å². The fourth-order valence-electron chi connectivity index (χ4n) is 2.54. The van der Waals surface area contributed by atoms with Gasteiger partial charge in [0.2, 0.25) is 0 Å². The molecule has 0 heterocycles. The molecule has 0 aliphatic rings. The molecule has 2 rings (SSSR count). The smallest absolute Gasteiger partial charge is 0.331 e. The van der Waals surface area contributed by atoms with E-state index < -0.39 is 5.60 Å². The summed E-state index contributed by atoms with van der Waals surface area (Å²) < 4.78 is 11.3. The fraction of sp³-hybridized carbons (Fsp3) is 0.318. The van der Waals surface area contributed by atoms with Crippen LogP contribution in [0.1, 0.15) is 43.0 Å². The molecule has 0 spiro atoms. The van der Waals surface area contributed by atoms with Gasteiger partial charge in [-0.15, -0.1) is 0 Å². The first-order valence-electron chi connectivity index (χ1n) is 8.43. The Morgan fingerprint density at radius 1 is 1.04 bits per heavy atom. The van der Waals surface area contributed by atoms with E-state index in [1.54, 1.807) is 6.08 Å². The third kappa shape index (κ3) is 6.11. The molecule has 0 amide bonds. The van der Waals surface area contributed by atoms with Gasteiger partial charge >= 0.3 is 5.97 Å². The summed E-state index contributed by atoms with van der Waals surface area (Å²) in [6.07, 6.45) is 3.24. The summed E-state index contributed by atoms with van der Waals surface area (Å²) >= 11 is 0. The maximum Gasteiger partial charge on any atom is 0.331 e. The van der Waals surface area contributed by atoms with Crippen molar-refractivity contribution in [2.45, 2.75) is 46.8 Å². The van der Waals surface area contributed by atoms with Gasteiger partial charge in [0.25, 0.3) is 0 Å². The summed E-state index contributed by atoms with van der Waals surface area (Å²) in [4.78, 5) is 11.8. The number of rotatable bonds is 5. The van der Waals surface area contributed by atoms with Crippen molar-refractivity contribution < 1.29 is 14.3 Å². The van der Waals surface area contributed by atoms with Gasteiger partial charge in [-0.1, -0.05) is 30.3 Å². The first kappa shape index (κ1) is 18.8. The lowest BCUT2D eigenvalue weighted by Gasteiger charge is -2.18. The molecule has 0 fully saturated rings. The van der Waals surface area contributed by atoms with Gasteiger partial charge in [0.1, 0.15) is 18.0 Å². The molecular weight excluding hydrogens is 312 g/mol. The summed E-state index contributed by atoms with van der Waals surface area (Å²) in [5, 5.41) is 0. The molecule has 132 valence electrons. The van der Waals surface area contributed by atoms with E-state index in [4.69, 9.17) is 9.47 Å². The Balaban J connectivity index is 2.07. The van der Waals surface area contributed by atoms with Crippen LogP contribution in [0.4, 0.5) is 0 Å². The average Bonchev–Trinajstić information content (AvgIpc) is 2.51. The van der Waals surface area contributed by atoms with Gasteiger partial charge in [0.05, 0.1) is 0 Å². The van der Waals surface area contributed by atoms with Crippen LogP contribution in [0.5, 0.6) is 5.75 Å². The maximum atomic E-state index is 11.8. The summed E-state index contributed by atoms with van der Waals surface area (Å²) in [6, 6.07) is 14.1. The molecule has 0 N–H and O–H groups in total. The summed E-state index contributed by atoms with van der Waals surface area (Å²) in [5.41, 5.74) is 3.69. The molecule has 3 heteroatoms. The lowest BCUT2D eigenvalue weighted by molar-refractivity contribution is -0.148. The topological polar surface area (TPSA) is 35.5 Å². The summed E-state index contributed by atoms with van der Waals surface area (Å²) in [5.74, 6) is 0.547. The number of ether oxygens (including phenoxy) is 2. The minimum atomic E-state index is -0.484. The third-order valence-corrected chi connectivity index (χ3v) is 3.53. The van der Waals surface area contributed by atoms with Crippen molar-refractivity contribution in [1.82, 2.24) is 0 Å². The Kier molecular flexibility index (Phi) is 6.02. The van der Waals surface area contributed by atoms with E-state index in [0.29, 0.717) is 6.61 Å². The summed E-state index contributed by atoms with van der Waals surface area (Å²) in [6.45, 7) is 10.1. The molecule has 25 heavy (non-hydrogen) atoms. The van der Waals surface area contributed by atoms with Crippen LogP contribution in [0.25, 0.3) is 6.08 Å². The number of hydrogen-bond donors (Lipinski definition) is 0. The molecule has 3 nitrogen and oxygen atoms in total. The molecule has 0 unspecified atom stereocenters. The van der Waals surface area contributed by atoms with Gasteiger partial charge < -0.3 is 9.47 Å². The second kappa shape index (κ2) is 8.02. The molecule has 2 aromatic rings. The van der Waals surface area contributed by atoms with Gasteiger partial charge in [0, 0.05) is 6.08 Å². The van der Waals surface area contributed by atoms with Gasteiger partial charge in [-0.3, -0.25) is 0 Å². The molecular formula is C22H26O3. The molecule has 0 atom stereocenters. The van der Waals surface area contributed by atoms with Crippen LogP contribution in [0.3, 0.4) is 0 Å². The highest BCUT2D eigenvalue weighted by molar-refractivity contribution is 5.87. The van der Waals surface area contributed by atoms with Crippen molar-refractivity contribution in [1.29, 1.82) is 0 Å².